The Morgan fingerprint density at radius 3 is 3.00 bits per heavy atom. The van der Waals surface area contributed by atoms with E-state index in [1.165, 1.54) is 0 Å². The number of rotatable bonds is 1. The van der Waals surface area contributed by atoms with E-state index in [2.05, 4.69) is 6.58 Å². The van der Waals surface area contributed by atoms with Crippen LogP contribution < -0.4 is 10.4 Å². The van der Waals surface area contributed by atoms with Gasteiger partial charge in [0.25, 0.3) is 0 Å². The first-order valence-electron chi connectivity index (χ1n) is 4.08. The van der Waals surface area contributed by atoms with Crippen molar-refractivity contribution in [2.45, 2.75) is 0 Å². The molecule has 2 nitrogen and oxygen atoms in total. The summed E-state index contributed by atoms with van der Waals surface area (Å²) in [5, 5.41) is 2.05. The number of hydrogen-bond donors (Lipinski definition) is 0. The van der Waals surface area contributed by atoms with Gasteiger partial charge < -0.3 is 9.47 Å². The Kier molecular flexibility index (Phi) is 2.04. The fourth-order valence-electron chi connectivity index (χ4n) is 1.29. The fraction of sp³-hybridized carbons (Fsp3) is 0.0909. The van der Waals surface area contributed by atoms with Gasteiger partial charge >= 0.3 is 0 Å². The van der Waals surface area contributed by atoms with Gasteiger partial charge in [0.2, 0.25) is 6.79 Å². The Morgan fingerprint density at radius 2 is 2.15 bits per heavy atom. The van der Waals surface area contributed by atoms with E-state index in [9.17, 15) is 0 Å². The third kappa shape index (κ3) is 1.43. The molecule has 0 saturated carbocycles. The van der Waals surface area contributed by atoms with Crippen LogP contribution in [0.2, 0.25) is 0 Å². The Bertz CT molecular complexity index is 432. The topological polar surface area (TPSA) is 18.5 Å². The van der Waals surface area contributed by atoms with Crippen LogP contribution in [0.5, 0.6) is 0 Å². The fourth-order valence-corrected chi connectivity index (χ4v) is 1.29. The first-order valence-corrected chi connectivity index (χ1v) is 4.08. The first kappa shape index (κ1) is 7.92. The molecule has 0 amide bonds. The lowest BCUT2D eigenvalue weighted by Crippen LogP contribution is -2.25. The van der Waals surface area contributed by atoms with E-state index in [-0.39, 0.29) is 6.79 Å². The number of benzene rings is 1. The average Bonchev–Trinajstić information content (AvgIpc) is 2.39. The van der Waals surface area contributed by atoms with Crippen LogP contribution in [-0.4, -0.2) is 6.79 Å². The lowest BCUT2D eigenvalue weighted by atomic mass is 10.2. The van der Waals surface area contributed by atoms with Crippen LogP contribution >= 0.6 is 0 Å². The molecule has 0 atom stereocenters. The van der Waals surface area contributed by atoms with Crippen molar-refractivity contribution in [2.24, 2.45) is 0 Å². The summed E-state index contributed by atoms with van der Waals surface area (Å²) in [7, 11) is 0. The second-order valence-corrected chi connectivity index (χ2v) is 2.70. The van der Waals surface area contributed by atoms with Gasteiger partial charge in [-0.05, 0) is 6.08 Å². The third-order valence-corrected chi connectivity index (χ3v) is 1.90. The van der Waals surface area contributed by atoms with Gasteiger partial charge in [-0.3, -0.25) is 0 Å². The Morgan fingerprint density at radius 1 is 1.31 bits per heavy atom. The summed E-state index contributed by atoms with van der Waals surface area (Å²) < 4.78 is 10.5. The Labute approximate surface area is 76.4 Å². The van der Waals surface area contributed by atoms with Crippen molar-refractivity contribution >= 4 is 12.0 Å². The normalized spacial score (nSPS) is 14.3. The second-order valence-electron chi connectivity index (χ2n) is 2.70. The monoisotopic (exact) mass is 174 g/mol. The van der Waals surface area contributed by atoms with Crippen LogP contribution in [-0.2, 0) is 9.47 Å². The molecule has 0 fully saturated rings. The zero-order valence-electron chi connectivity index (χ0n) is 7.19. The van der Waals surface area contributed by atoms with E-state index in [0.29, 0.717) is 0 Å². The quantitative estimate of drug-likeness (QED) is 0.624. The highest BCUT2D eigenvalue weighted by atomic mass is 16.7. The van der Waals surface area contributed by atoms with Gasteiger partial charge in [-0.25, -0.2) is 0 Å². The maximum absolute atomic E-state index is 5.32. The van der Waals surface area contributed by atoms with Crippen LogP contribution in [0, 0.1) is 0 Å². The molecule has 1 aromatic rings. The molecule has 0 N–H and O–H groups in total. The van der Waals surface area contributed by atoms with Gasteiger partial charge in [0.15, 0.2) is 0 Å². The van der Waals surface area contributed by atoms with Crippen molar-refractivity contribution in [2.75, 3.05) is 6.79 Å². The molecular weight excluding hydrogens is 164 g/mol. The van der Waals surface area contributed by atoms with Gasteiger partial charge in [-0.15, -0.1) is 0 Å². The van der Waals surface area contributed by atoms with Gasteiger partial charge in [0.1, 0.15) is 5.76 Å². The number of ether oxygens (including phenoxy) is 2. The summed E-state index contributed by atoms with van der Waals surface area (Å²) in [6.07, 6.45) is 3.40. The largest absolute Gasteiger partial charge is 0.464 e. The highest BCUT2D eigenvalue weighted by Gasteiger charge is 1.99. The van der Waals surface area contributed by atoms with Crippen LogP contribution in [0.1, 0.15) is 0 Å². The van der Waals surface area contributed by atoms with Gasteiger partial charge in [-0.1, -0.05) is 30.8 Å². The molecule has 0 radical (unpaired) electrons. The molecule has 1 aliphatic rings. The smallest absolute Gasteiger partial charge is 0.230 e. The minimum Gasteiger partial charge on any atom is -0.464 e. The molecule has 66 valence electrons. The van der Waals surface area contributed by atoms with Gasteiger partial charge in [0, 0.05) is 10.4 Å². The Balaban J connectivity index is 2.82. The number of hydrogen-bond acceptors (Lipinski definition) is 2. The molecule has 1 aliphatic heterocycles. The SMILES string of the molecule is C=CC1=c2ccccc2=COCO1. The molecule has 0 spiro atoms. The predicted octanol–water partition coefficient (Wildman–Crippen LogP) is 0.723. The highest BCUT2D eigenvalue weighted by Crippen LogP contribution is 1.98. The molecule has 1 aromatic carbocycles. The maximum atomic E-state index is 5.32. The molecule has 0 aliphatic carbocycles. The molecule has 2 rings (SSSR count). The van der Waals surface area contributed by atoms with E-state index < -0.39 is 0 Å². The van der Waals surface area contributed by atoms with E-state index in [0.717, 1.165) is 16.2 Å². The highest BCUT2D eigenvalue weighted by molar-refractivity contribution is 5.49. The Hall–Kier alpha value is -1.70. The zero-order valence-corrected chi connectivity index (χ0v) is 7.19. The average molecular weight is 174 g/mol. The second kappa shape index (κ2) is 3.35. The summed E-state index contributed by atoms with van der Waals surface area (Å²) >= 11 is 0. The third-order valence-electron chi connectivity index (χ3n) is 1.90. The van der Waals surface area contributed by atoms with E-state index in [1.54, 1.807) is 12.3 Å². The summed E-state index contributed by atoms with van der Waals surface area (Å²) in [4.78, 5) is 0. The maximum Gasteiger partial charge on any atom is 0.230 e. The molecular formula is C11H10O2. The summed E-state index contributed by atoms with van der Waals surface area (Å²) in [5.74, 6) is 0.768. The minimum absolute atomic E-state index is 0.246. The molecule has 0 bridgehead atoms. The van der Waals surface area contributed by atoms with E-state index >= 15 is 0 Å². The predicted molar refractivity (Wildman–Crippen MR) is 50.8 cm³/mol. The van der Waals surface area contributed by atoms with Crippen LogP contribution in [0.25, 0.3) is 12.0 Å². The van der Waals surface area contributed by atoms with E-state index in [1.807, 2.05) is 24.3 Å². The van der Waals surface area contributed by atoms with Crippen molar-refractivity contribution in [3.8, 4) is 0 Å². The van der Waals surface area contributed by atoms with Crippen LogP contribution in [0.4, 0.5) is 0 Å². The first-order chi connectivity index (χ1) is 6.42. The van der Waals surface area contributed by atoms with E-state index in [4.69, 9.17) is 9.47 Å². The lowest BCUT2D eigenvalue weighted by Gasteiger charge is -2.02. The van der Waals surface area contributed by atoms with Crippen molar-refractivity contribution in [3.63, 3.8) is 0 Å². The van der Waals surface area contributed by atoms with Crippen molar-refractivity contribution in [3.05, 3.63) is 47.4 Å². The lowest BCUT2D eigenvalue weighted by molar-refractivity contribution is 0.0824. The summed E-state index contributed by atoms with van der Waals surface area (Å²) in [5.41, 5.74) is 0. The minimum atomic E-state index is 0.246. The summed E-state index contributed by atoms with van der Waals surface area (Å²) in [6, 6.07) is 7.89. The molecule has 1 heterocycles. The standard InChI is InChI=1S/C11H10O2/c1-2-11-10-6-4-3-5-9(10)7-12-8-13-11/h2-7H,1,8H2. The molecule has 0 unspecified atom stereocenters. The van der Waals surface area contributed by atoms with Crippen molar-refractivity contribution in [1.82, 2.24) is 0 Å². The molecule has 13 heavy (non-hydrogen) atoms. The van der Waals surface area contributed by atoms with Gasteiger partial charge in [0.05, 0.1) is 6.26 Å². The summed E-state index contributed by atoms with van der Waals surface area (Å²) in [6.45, 7) is 3.94. The van der Waals surface area contributed by atoms with Crippen molar-refractivity contribution < 1.29 is 9.47 Å². The molecule has 0 aromatic heterocycles. The molecule has 2 heteroatoms. The number of fused-ring (bicyclic) bond motifs is 1. The van der Waals surface area contributed by atoms with Gasteiger partial charge in [-0.2, -0.15) is 0 Å². The van der Waals surface area contributed by atoms with Crippen LogP contribution in [0.15, 0.2) is 36.9 Å². The van der Waals surface area contributed by atoms with Crippen LogP contribution in [0.3, 0.4) is 0 Å². The molecule has 0 saturated heterocycles. The zero-order chi connectivity index (χ0) is 9.10. The van der Waals surface area contributed by atoms with Crippen molar-refractivity contribution in [1.29, 1.82) is 0 Å².